The average Bonchev–Trinajstić information content (AvgIpc) is 2.61. The molecule has 2 bridgehead atoms. The molecule has 0 aliphatic carbocycles. The van der Waals surface area contributed by atoms with Crippen molar-refractivity contribution >= 4 is 44.5 Å². The SMILES string of the molecule is Cc1ccc2c(c1)[As+]1(C)Cc3ccccc3C[As+]2(C)c2ccccc21.[I-].[I-]. The van der Waals surface area contributed by atoms with Crippen LogP contribution in [-0.2, 0) is 10.4 Å². The fraction of sp³-hybridized carbons (Fsp3) is 0.217. The van der Waals surface area contributed by atoms with E-state index in [1.807, 2.05) is 0 Å². The molecule has 4 heteroatoms. The van der Waals surface area contributed by atoms with Gasteiger partial charge in [0.05, 0.1) is 0 Å². The van der Waals surface area contributed by atoms with E-state index in [2.05, 4.69) is 85.1 Å². The van der Waals surface area contributed by atoms with E-state index in [0.717, 1.165) is 0 Å². The smallest absolute Gasteiger partial charge is 1.00 e. The topological polar surface area (TPSA) is 0 Å². The van der Waals surface area contributed by atoms with E-state index in [1.54, 1.807) is 28.5 Å². The molecule has 0 N–H and O–H groups in total. The number of rotatable bonds is 0. The summed E-state index contributed by atoms with van der Waals surface area (Å²) < 4.78 is 7.08. The summed E-state index contributed by atoms with van der Waals surface area (Å²) in [6, 6.07) is 26.3. The molecule has 27 heavy (non-hydrogen) atoms. The van der Waals surface area contributed by atoms with Crippen molar-refractivity contribution in [1.82, 2.24) is 0 Å². The summed E-state index contributed by atoms with van der Waals surface area (Å²) in [4.78, 5) is 0. The number of hydrogen-bond donors (Lipinski definition) is 0. The molecule has 3 aliphatic heterocycles. The van der Waals surface area contributed by atoms with Crippen molar-refractivity contribution in [1.29, 1.82) is 0 Å². The van der Waals surface area contributed by atoms with Crippen LogP contribution in [0.3, 0.4) is 0 Å². The van der Waals surface area contributed by atoms with Gasteiger partial charge in [-0.15, -0.1) is 0 Å². The third-order valence-electron chi connectivity index (χ3n) is 6.23. The van der Waals surface area contributed by atoms with Crippen LogP contribution in [0.1, 0.15) is 16.7 Å². The van der Waals surface area contributed by atoms with Crippen LogP contribution in [0.25, 0.3) is 0 Å². The first-order valence-electron chi connectivity index (χ1n) is 9.02. The maximum atomic E-state index is 2.65. The molecule has 3 aromatic rings. The molecule has 3 aromatic carbocycles. The fourth-order valence-corrected chi connectivity index (χ4v) is 29.7. The van der Waals surface area contributed by atoms with Gasteiger partial charge in [0.2, 0.25) is 0 Å². The Morgan fingerprint density at radius 1 is 0.593 bits per heavy atom. The third kappa shape index (κ3) is 3.22. The fourth-order valence-electron chi connectivity index (χ4n) is 4.89. The van der Waals surface area contributed by atoms with Gasteiger partial charge in [0, 0.05) is 0 Å². The third-order valence-corrected chi connectivity index (χ3v) is 24.1. The van der Waals surface area contributed by atoms with E-state index in [9.17, 15) is 0 Å². The van der Waals surface area contributed by atoms with E-state index in [0.29, 0.717) is 0 Å². The van der Waals surface area contributed by atoms with E-state index in [4.69, 9.17) is 0 Å². The average molecular weight is 704 g/mol. The molecule has 6 rings (SSSR count). The molecule has 2 unspecified atom stereocenters. The van der Waals surface area contributed by atoms with Crippen LogP contribution in [0.15, 0.2) is 66.7 Å². The Morgan fingerprint density at radius 3 is 1.59 bits per heavy atom. The Balaban J connectivity index is 0.00000105. The van der Waals surface area contributed by atoms with Gasteiger partial charge >= 0.3 is 157 Å². The first-order chi connectivity index (χ1) is 12.0. The van der Waals surface area contributed by atoms with E-state index in [1.165, 1.54) is 16.0 Å². The molecule has 0 aromatic heterocycles. The number of aryl methyl sites for hydroxylation is 1. The van der Waals surface area contributed by atoms with Crippen LogP contribution in [0.2, 0.25) is 11.4 Å². The summed E-state index contributed by atoms with van der Waals surface area (Å²) >= 11 is -4.37. The maximum Gasteiger partial charge on any atom is -1.00 e. The van der Waals surface area contributed by atoms with Gasteiger partial charge in [0.1, 0.15) is 0 Å². The van der Waals surface area contributed by atoms with Crippen LogP contribution in [0, 0.1) is 6.92 Å². The molecular formula is C23H24As2I2. The van der Waals surface area contributed by atoms with Crippen molar-refractivity contribution in [2.75, 3.05) is 0 Å². The predicted molar refractivity (Wildman–Crippen MR) is 113 cm³/mol. The van der Waals surface area contributed by atoms with Crippen molar-refractivity contribution in [3.8, 4) is 0 Å². The molecule has 0 saturated heterocycles. The van der Waals surface area contributed by atoms with Gasteiger partial charge in [0.25, 0.3) is 0 Å². The second-order valence-electron chi connectivity index (χ2n) is 7.95. The van der Waals surface area contributed by atoms with Gasteiger partial charge in [-0.25, -0.2) is 0 Å². The van der Waals surface area contributed by atoms with Crippen LogP contribution in [0.4, 0.5) is 0 Å². The minimum absolute atomic E-state index is 0. The normalized spacial score (nSPS) is 24.3. The predicted octanol–water partition coefficient (Wildman–Crippen LogP) is -3.42. The Bertz CT molecular complexity index is 1020. The largest absolute Gasteiger partial charge is 1.00 e. The maximum absolute atomic E-state index is 2.65. The Hall–Kier alpha value is 0.237. The number of hydrogen-bond acceptors (Lipinski definition) is 0. The first-order valence-corrected chi connectivity index (χ1v) is 19.2. The van der Waals surface area contributed by atoms with Crippen LogP contribution >= 0.6 is 0 Å². The second kappa shape index (κ2) is 7.82. The van der Waals surface area contributed by atoms with Crippen molar-refractivity contribution in [3.63, 3.8) is 0 Å². The quantitative estimate of drug-likeness (QED) is 0.169. The zero-order chi connectivity index (χ0) is 17.2. The molecule has 3 heterocycles. The summed E-state index contributed by atoms with van der Waals surface area (Å²) in [7, 11) is 0. The van der Waals surface area contributed by atoms with Crippen LogP contribution in [0.5, 0.6) is 0 Å². The van der Waals surface area contributed by atoms with Gasteiger partial charge in [-0.1, -0.05) is 0 Å². The molecule has 0 fully saturated rings. The van der Waals surface area contributed by atoms with E-state index in [-0.39, 0.29) is 48.0 Å². The van der Waals surface area contributed by atoms with Crippen molar-refractivity contribution in [2.45, 2.75) is 28.8 Å². The number of halogens is 2. The van der Waals surface area contributed by atoms with Crippen molar-refractivity contribution < 1.29 is 48.0 Å². The molecule has 0 nitrogen and oxygen atoms in total. The standard InChI is InChI=1S/C23H24As2.2HI/c1-17-12-13-22-23(14-17)25(3)16-19-9-5-4-8-18(19)15-24(22,2)20-10-6-7-11-21(20)25;;/h4-14H,15-16H2,1-3H3;2*1H/q+2;;/p-2. The van der Waals surface area contributed by atoms with Gasteiger partial charge in [-0.3, -0.25) is 0 Å². The monoisotopic (exact) mass is 704 g/mol. The Morgan fingerprint density at radius 2 is 1.04 bits per heavy atom. The van der Waals surface area contributed by atoms with Gasteiger partial charge in [0.15, 0.2) is 0 Å². The molecule has 140 valence electrons. The summed E-state index contributed by atoms with van der Waals surface area (Å²) in [5, 5.41) is 2.55. The second-order valence-corrected chi connectivity index (χ2v) is 23.3. The molecule has 0 amide bonds. The minimum Gasteiger partial charge on any atom is -1.00 e. The summed E-state index contributed by atoms with van der Waals surface area (Å²) in [5.41, 5.74) is 9.99. The van der Waals surface area contributed by atoms with E-state index >= 15 is 0 Å². The van der Waals surface area contributed by atoms with Crippen molar-refractivity contribution in [3.05, 3.63) is 83.4 Å². The molecule has 3 aliphatic rings. The van der Waals surface area contributed by atoms with E-state index < -0.39 is 27.1 Å². The Labute approximate surface area is 202 Å². The van der Waals surface area contributed by atoms with Crippen LogP contribution < -0.4 is 65.4 Å². The molecule has 0 radical (unpaired) electrons. The molecular weight excluding hydrogens is 680 g/mol. The Kier molecular flexibility index (Phi) is 6.35. The number of benzene rings is 3. The molecule has 2 atom stereocenters. The zero-order valence-electron chi connectivity index (χ0n) is 15.9. The zero-order valence-corrected chi connectivity index (χ0v) is 24.0. The first kappa shape index (κ1) is 21.9. The minimum atomic E-state index is -2.19. The molecule has 0 spiro atoms. The van der Waals surface area contributed by atoms with Crippen LogP contribution in [-0.4, -0.2) is 27.1 Å². The van der Waals surface area contributed by atoms with Crippen molar-refractivity contribution in [2.24, 2.45) is 0 Å². The van der Waals surface area contributed by atoms with Gasteiger partial charge < -0.3 is 48.0 Å². The van der Waals surface area contributed by atoms with Gasteiger partial charge in [-0.05, 0) is 0 Å². The van der Waals surface area contributed by atoms with Gasteiger partial charge in [-0.2, -0.15) is 0 Å². The molecule has 0 saturated carbocycles. The summed E-state index contributed by atoms with van der Waals surface area (Å²) in [6.45, 7) is 2.27. The summed E-state index contributed by atoms with van der Waals surface area (Å²) in [5.74, 6) is 0. The summed E-state index contributed by atoms with van der Waals surface area (Å²) in [6.07, 6.45) is 0.